The summed E-state index contributed by atoms with van der Waals surface area (Å²) in [5, 5.41) is 2.59. The Bertz CT molecular complexity index is 1260. The topological polar surface area (TPSA) is 0 Å². The number of aryl methyl sites for hydroxylation is 1. The van der Waals surface area contributed by atoms with Crippen molar-refractivity contribution in [3.05, 3.63) is 144 Å². The molecule has 0 aliphatic carbocycles. The molecule has 0 N–H and O–H groups in total. The molecule has 150 valence electrons. The van der Waals surface area contributed by atoms with E-state index >= 15 is 0 Å². The fourth-order valence-electron chi connectivity index (χ4n) is 4.57. The summed E-state index contributed by atoms with van der Waals surface area (Å²) in [5.74, 6) is 0.372. The summed E-state index contributed by atoms with van der Waals surface area (Å²) in [6.45, 7) is 0. The molecule has 0 saturated heterocycles. The minimum atomic E-state index is 0.372. The predicted molar refractivity (Wildman–Crippen MR) is 132 cm³/mol. The van der Waals surface area contributed by atoms with Crippen molar-refractivity contribution in [2.75, 3.05) is 0 Å². The van der Waals surface area contributed by atoms with Crippen LogP contribution in [0.25, 0.3) is 21.9 Å². The Morgan fingerprint density at radius 3 is 2.00 bits per heavy atom. The molecule has 31 heavy (non-hydrogen) atoms. The van der Waals surface area contributed by atoms with Crippen LogP contribution in [0.3, 0.4) is 0 Å². The summed E-state index contributed by atoms with van der Waals surface area (Å²) in [7, 11) is 0. The van der Waals surface area contributed by atoms with E-state index in [1.807, 2.05) is 0 Å². The van der Waals surface area contributed by atoms with Crippen molar-refractivity contribution in [1.29, 1.82) is 0 Å². The summed E-state index contributed by atoms with van der Waals surface area (Å²) < 4.78 is 0. The first-order valence-electron chi connectivity index (χ1n) is 11.1. The first kappa shape index (κ1) is 19.3. The molecule has 0 unspecified atom stereocenters. The molecule has 1 atom stereocenters. The molecule has 5 aromatic carbocycles. The third-order valence-corrected chi connectivity index (χ3v) is 6.16. The first-order chi connectivity index (χ1) is 15.4. The average Bonchev–Trinajstić information content (AvgIpc) is 2.85. The van der Waals surface area contributed by atoms with Gasteiger partial charge in [0.2, 0.25) is 0 Å². The van der Waals surface area contributed by atoms with E-state index in [9.17, 15) is 0 Å². The second-order valence-corrected chi connectivity index (χ2v) is 8.14. The molecule has 0 radical (unpaired) electrons. The lowest BCUT2D eigenvalue weighted by Crippen LogP contribution is -2.03. The predicted octanol–water partition coefficient (Wildman–Crippen LogP) is 8.27. The Labute approximate surface area is 184 Å². The SMILES string of the molecule is c1ccc(CC[C@@H](c2ccccc2)c2cccc(-c3cccc4ccccc34)c2)cc1. The third kappa shape index (κ3) is 4.29. The van der Waals surface area contributed by atoms with Crippen molar-refractivity contribution in [3.63, 3.8) is 0 Å². The fourth-order valence-corrected chi connectivity index (χ4v) is 4.57. The molecule has 0 amide bonds. The van der Waals surface area contributed by atoms with Crippen molar-refractivity contribution in [2.45, 2.75) is 18.8 Å². The maximum Gasteiger partial charge on any atom is 0.00927 e. The highest BCUT2D eigenvalue weighted by Gasteiger charge is 2.15. The molecule has 0 heterocycles. The molecule has 0 aromatic heterocycles. The zero-order valence-electron chi connectivity index (χ0n) is 17.6. The maximum atomic E-state index is 2.39. The van der Waals surface area contributed by atoms with E-state index in [0.29, 0.717) is 5.92 Å². The van der Waals surface area contributed by atoms with Gasteiger partial charge in [0, 0.05) is 5.92 Å². The van der Waals surface area contributed by atoms with Gasteiger partial charge in [0.1, 0.15) is 0 Å². The minimum absolute atomic E-state index is 0.372. The molecular weight excluding hydrogens is 372 g/mol. The van der Waals surface area contributed by atoms with Crippen LogP contribution in [0.4, 0.5) is 0 Å². The summed E-state index contributed by atoms with van der Waals surface area (Å²) in [6, 6.07) is 46.1. The van der Waals surface area contributed by atoms with E-state index in [1.54, 1.807) is 0 Å². The highest BCUT2D eigenvalue weighted by molar-refractivity contribution is 5.96. The summed E-state index contributed by atoms with van der Waals surface area (Å²) in [6.07, 6.45) is 2.16. The third-order valence-electron chi connectivity index (χ3n) is 6.16. The molecule has 5 aromatic rings. The molecule has 0 heteroatoms. The van der Waals surface area contributed by atoms with Gasteiger partial charge < -0.3 is 0 Å². The standard InChI is InChI=1S/C31H26/c1-3-11-24(12-4-1)21-22-29(25-13-5-2-6-14-25)27-17-9-18-28(23-27)31-20-10-16-26-15-7-8-19-30(26)31/h1-20,23,29H,21-22H2/t29-/m0/s1. The van der Waals surface area contributed by atoms with Gasteiger partial charge in [0.05, 0.1) is 0 Å². The van der Waals surface area contributed by atoms with Gasteiger partial charge in [-0.05, 0) is 51.4 Å². The Morgan fingerprint density at radius 2 is 1.16 bits per heavy atom. The van der Waals surface area contributed by atoms with E-state index in [-0.39, 0.29) is 0 Å². The zero-order chi connectivity index (χ0) is 20.9. The maximum absolute atomic E-state index is 2.39. The molecule has 0 aliphatic heterocycles. The normalized spacial score (nSPS) is 12.0. The van der Waals surface area contributed by atoms with Gasteiger partial charge in [-0.25, -0.2) is 0 Å². The van der Waals surface area contributed by atoms with Gasteiger partial charge in [-0.15, -0.1) is 0 Å². The van der Waals surface area contributed by atoms with Gasteiger partial charge in [-0.2, -0.15) is 0 Å². The number of hydrogen-bond donors (Lipinski definition) is 0. The largest absolute Gasteiger partial charge is 0.0622 e. The summed E-state index contributed by atoms with van der Waals surface area (Å²) in [5.41, 5.74) is 6.75. The van der Waals surface area contributed by atoms with Crippen LogP contribution in [0.1, 0.15) is 29.0 Å². The van der Waals surface area contributed by atoms with E-state index in [4.69, 9.17) is 0 Å². The van der Waals surface area contributed by atoms with Crippen molar-refractivity contribution in [2.24, 2.45) is 0 Å². The van der Waals surface area contributed by atoms with Crippen LogP contribution in [-0.2, 0) is 6.42 Å². The van der Waals surface area contributed by atoms with E-state index in [1.165, 1.54) is 38.6 Å². The second kappa shape index (κ2) is 9.02. The summed E-state index contributed by atoms with van der Waals surface area (Å²) in [4.78, 5) is 0. The lowest BCUT2D eigenvalue weighted by molar-refractivity contribution is 0.715. The molecule has 0 saturated carbocycles. The van der Waals surface area contributed by atoms with Gasteiger partial charge in [0.15, 0.2) is 0 Å². The Hall–Kier alpha value is -3.64. The zero-order valence-corrected chi connectivity index (χ0v) is 17.6. The van der Waals surface area contributed by atoms with Crippen LogP contribution >= 0.6 is 0 Å². The molecule has 0 bridgehead atoms. The van der Waals surface area contributed by atoms with Gasteiger partial charge in [0.25, 0.3) is 0 Å². The van der Waals surface area contributed by atoms with Crippen molar-refractivity contribution >= 4 is 10.8 Å². The van der Waals surface area contributed by atoms with Crippen molar-refractivity contribution in [3.8, 4) is 11.1 Å². The van der Waals surface area contributed by atoms with Gasteiger partial charge >= 0.3 is 0 Å². The Balaban J connectivity index is 1.54. The van der Waals surface area contributed by atoms with Crippen molar-refractivity contribution < 1.29 is 0 Å². The number of fused-ring (bicyclic) bond motifs is 1. The monoisotopic (exact) mass is 398 g/mol. The van der Waals surface area contributed by atoms with Crippen LogP contribution in [-0.4, -0.2) is 0 Å². The molecule has 0 nitrogen and oxygen atoms in total. The lowest BCUT2D eigenvalue weighted by atomic mass is 9.85. The number of benzene rings is 5. The fraction of sp³-hybridized carbons (Fsp3) is 0.0968. The van der Waals surface area contributed by atoms with Gasteiger partial charge in [-0.1, -0.05) is 127 Å². The van der Waals surface area contributed by atoms with Crippen LogP contribution < -0.4 is 0 Å². The van der Waals surface area contributed by atoms with Crippen LogP contribution in [0, 0.1) is 0 Å². The van der Waals surface area contributed by atoms with Crippen LogP contribution in [0.2, 0.25) is 0 Å². The highest BCUT2D eigenvalue weighted by Crippen LogP contribution is 2.34. The Kier molecular flexibility index (Phi) is 5.62. The smallest absolute Gasteiger partial charge is 0.00927 e. The van der Waals surface area contributed by atoms with Crippen molar-refractivity contribution in [1.82, 2.24) is 0 Å². The summed E-state index contributed by atoms with van der Waals surface area (Å²) >= 11 is 0. The quantitative estimate of drug-likeness (QED) is 0.270. The molecule has 5 rings (SSSR count). The number of hydrogen-bond acceptors (Lipinski definition) is 0. The Morgan fingerprint density at radius 1 is 0.516 bits per heavy atom. The first-order valence-corrected chi connectivity index (χ1v) is 11.1. The van der Waals surface area contributed by atoms with Crippen LogP contribution in [0.5, 0.6) is 0 Å². The minimum Gasteiger partial charge on any atom is -0.0622 e. The van der Waals surface area contributed by atoms with Gasteiger partial charge in [-0.3, -0.25) is 0 Å². The second-order valence-electron chi connectivity index (χ2n) is 8.14. The molecule has 0 fully saturated rings. The van der Waals surface area contributed by atoms with E-state index < -0.39 is 0 Å². The van der Waals surface area contributed by atoms with E-state index in [2.05, 4.69) is 127 Å². The van der Waals surface area contributed by atoms with E-state index in [0.717, 1.165) is 12.8 Å². The average molecular weight is 399 g/mol. The van der Waals surface area contributed by atoms with Crippen LogP contribution in [0.15, 0.2) is 127 Å². The lowest BCUT2D eigenvalue weighted by Gasteiger charge is -2.19. The molecular formula is C31H26. The molecule has 0 aliphatic rings. The number of rotatable bonds is 6. The highest BCUT2D eigenvalue weighted by atomic mass is 14.2. The molecule has 0 spiro atoms.